The Kier molecular flexibility index (Phi) is 4.59. The first-order chi connectivity index (χ1) is 8.36. The second-order valence-electron chi connectivity index (χ2n) is 3.42. The van der Waals surface area contributed by atoms with Gasteiger partial charge in [-0.2, -0.15) is 0 Å². The van der Waals surface area contributed by atoms with Crippen LogP contribution < -0.4 is 15.6 Å². The fraction of sp³-hybridized carbons (Fsp3) is 0.333. The molecule has 0 fully saturated rings. The summed E-state index contributed by atoms with van der Waals surface area (Å²) in [5, 5.41) is 15.7. The van der Waals surface area contributed by atoms with Crippen LogP contribution in [0.5, 0.6) is 5.75 Å². The van der Waals surface area contributed by atoms with Crippen LogP contribution in [0.25, 0.3) is 0 Å². The van der Waals surface area contributed by atoms with Crippen molar-refractivity contribution >= 4 is 15.7 Å². The molecule has 1 rings (SSSR count). The van der Waals surface area contributed by atoms with E-state index in [1.807, 2.05) is 0 Å². The quantitative estimate of drug-likeness (QED) is 0.424. The third-order valence-corrected chi connectivity index (χ3v) is 2.97. The van der Waals surface area contributed by atoms with Crippen LogP contribution in [0.3, 0.4) is 0 Å². The van der Waals surface area contributed by atoms with Crippen molar-refractivity contribution < 1.29 is 18.1 Å². The van der Waals surface area contributed by atoms with Crippen molar-refractivity contribution in [2.24, 2.45) is 10.9 Å². The number of hydrogen-bond acceptors (Lipinski definition) is 6. The van der Waals surface area contributed by atoms with Crippen molar-refractivity contribution in [1.82, 2.24) is 0 Å². The van der Waals surface area contributed by atoms with Gasteiger partial charge >= 0.3 is 5.69 Å². The van der Waals surface area contributed by atoms with Gasteiger partial charge in [-0.3, -0.25) is 10.1 Å². The van der Waals surface area contributed by atoms with Crippen LogP contribution in [0.15, 0.2) is 23.1 Å². The van der Waals surface area contributed by atoms with Crippen LogP contribution in [-0.2, 0) is 10.0 Å². The molecule has 0 aliphatic heterocycles. The molecule has 1 aromatic carbocycles. The highest BCUT2D eigenvalue weighted by Crippen LogP contribution is 2.29. The molecule has 0 aromatic heterocycles. The van der Waals surface area contributed by atoms with Crippen LogP contribution in [0, 0.1) is 10.1 Å². The van der Waals surface area contributed by atoms with Crippen molar-refractivity contribution in [3.05, 3.63) is 28.3 Å². The molecule has 1 aromatic rings. The van der Waals surface area contributed by atoms with E-state index in [0.29, 0.717) is 13.0 Å². The zero-order valence-electron chi connectivity index (χ0n) is 9.40. The molecular weight excluding hydrogens is 262 g/mol. The maximum atomic E-state index is 11.1. The third-order valence-electron chi connectivity index (χ3n) is 2.06. The molecule has 0 atom stereocenters. The van der Waals surface area contributed by atoms with Crippen molar-refractivity contribution in [3.63, 3.8) is 0 Å². The Balaban J connectivity index is 3.09. The summed E-state index contributed by atoms with van der Waals surface area (Å²) in [5.74, 6) is -0.0131. The Morgan fingerprint density at radius 2 is 2.06 bits per heavy atom. The monoisotopic (exact) mass is 275 g/mol. The van der Waals surface area contributed by atoms with Crippen molar-refractivity contribution in [2.45, 2.75) is 11.3 Å². The fourth-order valence-corrected chi connectivity index (χ4v) is 1.74. The van der Waals surface area contributed by atoms with Crippen LogP contribution in [0.4, 0.5) is 5.69 Å². The van der Waals surface area contributed by atoms with Crippen molar-refractivity contribution in [3.8, 4) is 5.75 Å². The lowest BCUT2D eigenvalue weighted by molar-refractivity contribution is -0.386. The number of nitrogens with two attached hydrogens (primary N) is 2. The number of rotatable bonds is 6. The zero-order valence-corrected chi connectivity index (χ0v) is 10.2. The first kappa shape index (κ1) is 14.4. The molecular formula is C9H13N3O5S. The summed E-state index contributed by atoms with van der Waals surface area (Å²) < 4.78 is 27.3. The third kappa shape index (κ3) is 3.65. The van der Waals surface area contributed by atoms with E-state index in [0.717, 1.165) is 12.1 Å². The van der Waals surface area contributed by atoms with Gasteiger partial charge in [-0.05, 0) is 25.1 Å². The largest absolute Gasteiger partial charge is 0.487 e. The van der Waals surface area contributed by atoms with Gasteiger partial charge in [-0.25, -0.2) is 13.6 Å². The van der Waals surface area contributed by atoms with Gasteiger partial charge in [0.05, 0.1) is 16.4 Å². The summed E-state index contributed by atoms with van der Waals surface area (Å²) >= 11 is 0. The normalized spacial score (nSPS) is 11.2. The minimum atomic E-state index is -3.98. The first-order valence-electron chi connectivity index (χ1n) is 5.00. The molecule has 9 heteroatoms. The molecule has 0 aliphatic rings. The topological polar surface area (TPSA) is 139 Å². The van der Waals surface area contributed by atoms with Gasteiger partial charge in [0.2, 0.25) is 10.0 Å². The molecule has 0 unspecified atom stereocenters. The van der Waals surface area contributed by atoms with Crippen LogP contribution >= 0.6 is 0 Å². The Morgan fingerprint density at radius 1 is 1.39 bits per heavy atom. The number of nitro groups is 1. The molecule has 0 saturated carbocycles. The summed E-state index contributed by atoms with van der Waals surface area (Å²) in [6.07, 6.45) is 0.536. The van der Waals surface area contributed by atoms with E-state index in [2.05, 4.69) is 0 Å². The molecule has 0 amide bonds. The minimum absolute atomic E-state index is 0.0131. The predicted octanol–water partition coefficient (Wildman–Crippen LogP) is -0.0302. The number of ether oxygens (including phenoxy) is 1. The molecule has 8 nitrogen and oxygen atoms in total. The zero-order chi connectivity index (χ0) is 13.8. The first-order valence-corrected chi connectivity index (χ1v) is 6.55. The lowest BCUT2D eigenvalue weighted by Crippen LogP contribution is -2.13. The molecule has 0 aliphatic carbocycles. The van der Waals surface area contributed by atoms with Gasteiger partial charge in [0.1, 0.15) is 0 Å². The molecule has 0 saturated heterocycles. The second-order valence-corrected chi connectivity index (χ2v) is 4.98. The standard InChI is InChI=1S/C9H13N3O5S/c10-4-1-5-17-9-3-2-7(18(11,15)16)6-8(9)12(13)14/h2-3,6H,1,4-5,10H2,(H2,11,15,16). The van der Waals surface area contributed by atoms with E-state index in [9.17, 15) is 18.5 Å². The maximum Gasteiger partial charge on any atom is 0.312 e. The summed E-state index contributed by atoms with van der Waals surface area (Å²) in [6.45, 7) is 0.606. The molecule has 18 heavy (non-hydrogen) atoms. The summed E-state index contributed by atoms with van der Waals surface area (Å²) in [5.41, 5.74) is 4.82. The number of nitro benzene ring substituents is 1. The number of primary sulfonamides is 1. The second kappa shape index (κ2) is 5.76. The Morgan fingerprint density at radius 3 is 2.56 bits per heavy atom. The van der Waals surface area contributed by atoms with Gasteiger partial charge in [0.25, 0.3) is 0 Å². The van der Waals surface area contributed by atoms with Crippen molar-refractivity contribution in [1.29, 1.82) is 0 Å². The smallest absolute Gasteiger partial charge is 0.312 e. The van der Waals surface area contributed by atoms with Gasteiger partial charge in [0, 0.05) is 6.07 Å². The number of sulfonamides is 1. The van der Waals surface area contributed by atoms with E-state index in [-0.39, 0.29) is 17.3 Å². The molecule has 0 bridgehead atoms. The van der Waals surface area contributed by atoms with E-state index in [1.54, 1.807) is 0 Å². The number of nitrogens with zero attached hydrogens (tertiary/aromatic N) is 1. The molecule has 100 valence electrons. The maximum absolute atomic E-state index is 11.1. The Labute approximate surface area is 104 Å². The molecule has 4 N–H and O–H groups in total. The molecule has 0 spiro atoms. The Bertz CT molecular complexity index is 543. The lowest BCUT2D eigenvalue weighted by atomic mass is 10.3. The van der Waals surface area contributed by atoms with Crippen molar-refractivity contribution in [2.75, 3.05) is 13.2 Å². The van der Waals surface area contributed by atoms with E-state index < -0.39 is 20.6 Å². The average molecular weight is 275 g/mol. The summed E-state index contributed by atoms with van der Waals surface area (Å²) in [4.78, 5) is 9.74. The highest BCUT2D eigenvalue weighted by atomic mass is 32.2. The van der Waals surface area contributed by atoms with Crippen LogP contribution in [0.2, 0.25) is 0 Å². The highest BCUT2D eigenvalue weighted by Gasteiger charge is 2.19. The van der Waals surface area contributed by atoms with Gasteiger partial charge in [-0.15, -0.1) is 0 Å². The summed E-state index contributed by atoms with van der Waals surface area (Å²) in [6, 6.07) is 3.22. The SMILES string of the molecule is NCCCOc1ccc(S(N)(=O)=O)cc1[N+](=O)[O-]. The molecule has 0 radical (unpaired) electrons. The van der Waals surface area contributed by atoms with E-state index >= 15 is 0 Å². The fourth-order valence-electron chi connectivity index (χ4n) is 1.20. The van der Waals surface area contributed by atoms with Gasteiger partial charge < -0.3 is 10.5 Å². The van der Waals surface area contributed by atoms with Gasteiger partial charge in [-0.1, -0.05) is 0 Å². The highest BCUT2D eigenvalue weighted by molar-refractivity contribution is 7.89. The minimum Gasteiger partial charge on any atom is -0.487 e. The molecule has 0 heterocycles. The predicted molar refractivity (Wildman–Crippen MR) is 63.6 cm³/mol. The lowest BCUT2D eigenvalue weighted by Gasteiger charge is -2.06. The van der Waals surface area contributed by atoms with Gasteiger partial charge in [0.15, 0.2) is 5.75 Å². The average Bonchev–Trinajstić information content (AvgIpc) is 2.28. The Hall–Kier alpha value is -1.71. The van der Waals surface area contributed by atoms with E-state index in [4.69, 9.17) is 15.6 Å². The van der Waals surface area contributed by atoms with Crippen LogP contribution in [0.1, 0.15) is 6.42 Å². The van der Waals surface area contributed by atoms with Crippen LogP contribution in [-0.4, -0.2) is 26.5 Å². The number of hydrogen-bond donors (Lipinski definition) is 2. The number of benzene rings is 1. The van der Waals surface area contributed by atoms with E-state index in [1.165, 1.54) is 6.07 Å². The summed E-state index contributed by atoms with van der Waals surface area (Å²) in [7, 11) is -3.98.